The van der Waals surface area contributed by atoms with Gasteiger partial charge in [0, 0.05) is 23.3 Å². The molecule has 0 radical (unpaired) electrons. The van der Waals surface area contributed by atoms with E-state index in [-0.39, 0.29) is 6.04 Å². The lowest BCUT2D eigenvalue weighted by molar-refractivity contribution is 0.602. The van der Waals surface area contributed by atoms with Crippen molar-refractivity contribution in [3.8, 4) is 0 Å². The number of likely N-dealkylation sites (N-methyl/N-ethyl adjacent to an activating group) is 1. The van der Waals surface area contributed by atoms with Crippen LogP contribution in [0.25, 0.3) is 0 Å². The fourth-order valence-electron chi connectivity index (χ4n) is 1.65. The van der Waals surface area contributed by atoms with Gasteiger partial charge in [-0.3, -0.25) is 4.98 Å². The maximum absolute atomic E-state index is 6.11. The molecule has 2 nitrogen and oxygen atoms in total. The molecular formula is C12H12Cl2N2S. The maximum atomic E-state index is 6.11. The van der Waals surface area contributed by atoms with Crippen molar-refractivity contribution in [1.82, 2.24) is 10.3 Å². The summed E-state index contributed by atoms with van der Waals surface area (Å²) in [5.41, 5.74) is 1.09. The highest BCUT2D eigenvalue weighted by atomic mass is 35.5. The van der Waals surface area contributed by atoms with Gasteiger partial charge in [0.2, 0.25) is 0 Å². The highest BCUT2D eigenvalue weighted by Gasteiger charge is 2.14. The van der Waals surface area contributed by atoms with Crippen molar-refractivity contribution in [2.24, 2.45) is 0 Å². The van der Waals surface area contributed by atoms with Gasteiger partial charge in [-0.1, -0.05) is 23.2 Å². The number of aromatic nitrogens is 1. The Kier molecular flexibility index (Phi) is 4.40. The summed E-state index contributed by atoms with van der Waals surface area (Å²) >= 11 is 13.6. The Morgan fingerprint density at radius 3 is 2.76 bits per heavy atom. The molecule has 0 spiro atoms. The van der Waals surface area contributed by atoms with Gasteiger partial charge in [0.05, 0.1) is 9.36 Å². The first-order valence-electron chi connectivity index (χ1n) is 5.21. The quantitative estimate of drug-likeness (QED) is 0.921. The molecule has 0 saturated carbocycles. The predicted octanol–water partition coefficient (Wildman–Crippen LogP) is 3.95. The van der Waals surface area contributed by atoms with Gasteiger partial charge in [0.1, 0.15) is 0 Å². The molecule has 90 valence electrons. The van der Waals surface area contributed by atoms with E-state index < -0.39 is 0 Å². The number of hydrogen-bond acceptors (Lipinski definition) is 3. The molecule has 0 aliphatic carbocycles. The van der Waals surface area contributed by atoms with Crippen molar-refractivity contribution in [2.45, 2.75) is 12.5 Å². The molecule has 2 heterocycles. The first-order chi connectivity index (χ1) is 8.20. The van der Waals surface area contributed by atoms with Gasteiger partial charge in [-0.05, 0) is 37.2 Å². The minimum Gasteiger partial charge on any atom is -0.312 e. The topological polar surface area (TPSA) is 24.9 Å². The van der Waals surface area contributed by atoms with Gasteiger partial charge in [-0.2, -0.15) is 0 Å². The molecule has 0 saturated heterocycles. The van der Waals surface area contributed by atoms with Gasteiger partial charge in [-0.15, -0.1) is 11.3 Å². The van der Waals surface area contributed by atoms with Crippen molar-refractivity contribution >= 4 is 34.5 Å². The number of nitrogens with one attached hydrogen (secondary N) is 1. The first-order valence-corrected chi connectivity index (χ1v) is 6.79. The molecule has 2 aromatic rings. The molecular weight excluding hydrogens is 275 g/mol. The Morgan fingerprint density at radius 1 is 1.35 bits per heavy atom. The molecule has 17 heavy (non-hydrogen) atoms. The van der Waals surface area contributed by atoms with Crippen molar-refractivity contribution in [3.05, 3.63) is 50.4 Å². The van der Waals surface area contributed by atoms with E-state index in [9.17, 15) is 0 Å². The average Bonchev–Trinajstić information content (AvgIpc) is 2.75. The predicted molar refractivity (Wildman–Crippen MR) is 74.1 cm³/mol. The van der Waals surface area contributed by atoms with Gasteiger partial charge >= 0.3 is 0 Å². The molecule has 1 unspecified atom stereocenters. The van der Waals surface area contributed by atoms with Crippen LogP contribution in [0.1, 0.15) is 16.5 Å². The van der Waals surface area contributed by atoms with Gasteiger partial charge < -0.3 is 5.32 Å². The third kappa shape index (κ3) is 3.19. The second-order valence-electron chi connectivity index (χ2n) is 3.65. The maximum Gasteiger partial charge on any atom is 0.0931 e. The molecule has 2 aromatic heterocycles. The summed E-state index contributed by atoms with van der Waals surface area (Å²) in [5, 5.41) is 3.98. The SMILES string of the molecule is CNC(Cc1ccncc1Cl)c1ccc(Cl)s1. The van der Waals surface area contributed by atoms with E-state index in [4.69, 9.17) is 23.2 Å². The standard InChI is InChI=1S/C12H12Cl2N2S/c1-15-10(11-2-3-12(14)17-11)6-8-4-5-16-7-9(8)13/h2-5,7,10,15H,6H2,1H3. The third-order valence-electron chi connectivity index (χ3n) is 2.57. The summed E-state index contributed by atoms with van der Waals surface area (Å²) in [7, 11) is 1.94. The summed E-state index contributed by atoms with van der Waals surface area (Å²) in [6.45, 7) is 0. The van der Waals surface area contributed by atoms with Crippen LogP contribution in [-0.2, 0) is 6.42 Å². The summed E-state index contributed by atoms with van der Waals surface area (Å²) in [5.74, 6) is 0. The molecule has 0 aliphatic rings. The minimum atomic E-state index is 0.229. The van der Waals surface area contributed by atoms with Crippen LogP contribution >= 0.6 is 34.5 Å². The van der Waals surface area contributed by atoms with Crippen molar-refractivity contribution in [1.29, 1.82) is 0 Å². The lowest BCUT2D eigenvalue weighted by Crippen LogP contribution is -2.17. The van der Waals surface area contributed by atoms with Crippen LogP contribution in [0.2, 0.25) is 9.36 Å². The molecule has 0 fully saturated rings. The fourth-order valence-corrected chi connectivity index (χ4v) is 3.02. The largest absolute Gasteiger partial charge is 0.312 e. The second kappa shape index (κ2) is 5.83. The monoisotopic (exact) mass is 286 g/mol. The first kappa shape index (κ1) is 12.8. The van der Waals surface area contributed by atoms with E-state index in [0.717, 1.165) is 16.3 Å². The lowest BCUT2D eigenvalue weighted by atomic mass is 10.1. The van der Waals surface area contributed by atoms with Crippen molar-refractivity contribution < 1.29 is 0 Å². The van der Waals surface area contributed by atoms with E-state index in [1.807, 2.05) is 25.2 Å². The number of hydrogen-bond donors (Lipinski definition) is 1. The highest BCUT2D eigenvalue weighted by Crippen LogP contribution is 2.30. The Morgan fingerprint density at radius 2 is 2.18 bits per heavy atom. The second-order valence-corrected chi connectivity index (χ2v) is 5.81. The molecule has 0 aliphatic heterocycles. The molecule has 0 aromatic carbocycles. The van der Waals surface area contributed by atoms with E-state index in [2.05, 4.69) is 10.3 Å². The zero-order chi connectivity index (χ0) is 12.3. The highest BCUT2D eigenvalue weighted by molar-refractivity contribution is 7.16. The van der Waals surface area contributed by atoms with E-state index >= 15 is 0 Å². The Labute approximate surface area is 115 Å². The van der Waals surface area contributed by atoms with Crippen LogP contribution in [0.3, 0.4) is 0 Å². The van der Waals surface area contributed by atoms with Gasteiger partial charge in [0.25, 0.3) is 0 Å². The zero-order valence-corrected chi connectivity index (χ0v) is 11.6. The summed E-state index contributed by atoms with van der Waals surface area (Å²) in [6.07, 6.45) is 4.26. The smallest absolute Gasteiger partial charge is 0.0931 e. The molecule has 0 bridgehead atoms. The fraction of sp³-hybridized carbons (Fsp3) is 0.250. The number of pyridine rings is 1. The molecule has 0 amide bonds. The van der Waals surface area contributed by atoms with Crippen LogP contribution in [0.15, 0.2) is 30.6 Å². The molecule has 1 atom stereocenters. The minimum absolute atomic E-state index is 0.229. The van der Waals surface area contributed by atoms with Crippen LogP contribution in [0, 0.1) is 0 Å². The zero-order valence-electron chi connectivity index (χ0n) is 9.28. The normalized spacial score (nSPS) is 12.6. The van der Waals surface area contributed by atoms with Crippen molar-refractivity contribution in [2.75, 3.05) is 7.05 Å². The Bertz CT molecular complexity index is 499. The summed E-state index contributed by atoms with van der Waals surface area (Å²) < 4.78 is 0.807. The number of thiophene rings is 1. The number of nitrogens with zero attached hydrogens (tertiary/aromatic N) is 1. The number of rotatable bonds is 4. The number of halogens is 2. The van der Waals surface area contributed by atoms with Crippen molar-refractivity contribution in [3.63, 3.8) is 0 Å². The van der Waals surface area contributed by atoms with Crippen LogP contribution in [-0.4, -0.2) is 12.0 Å². The van der Waals surface area contributed by atoms with Gasteiger partial charge in [-0.25, -0.2) is 0 Å². The van der Waals surface area contributed by atoms with Crippen LogP contribution in [0.4, 0.5) is 0 Å². The average molecular weight is 287 g/mol. The lowest BCUT2D eigenvalue weighted by Gasteiger charge is -2.15. The van der Waals surface area contributed by atoms with Gasteiger partial charge in [0.15, 0.2) is 0 Å². The molecule has 5 heteroatoms. The van der Waals surface area contributed by atoms with E-state index in [1.54, 1.807) is 23.7 Å². The Hall–Kier alpha value is -0.610. The summed E-state index contributed by atoms with van der Waals surface area (Å²) in [6, 6.07) is 6.14. The third-order valence-corrected chi connectivity index (χ3v) is 4.25. The molecule has 2 rings (SSSR count). The molecule has 1 N–H and O–H groups in total. The van der Waals surface area contributed by atoms with Crippen LogP contribution in [0.5, 0.6) is 0 Å². The Balaban J connectivity index is 2.18. The van der Waals surface area contributed by atoms with E-state index in [1.165, 1.54) is 4.88 Å². The van der Waals surface area contributed by atoms with E-state index in [0.29, 0.717) is 5.02 Å². The summed E-state index contributed by atoms with van der Waals surface area (Å²) in [4.78, 5) is 5.20. The van der Waals surface area contributed by atoms with Crippen LogP contribution < -0.4 is 5.32 Å².